The van der Waals surface area contributed by atoms with Crippen LogP contribution in [0.1, 0.15) is 5.69 Å². The molecule has 6 heteroatoms. The molecule has 2 rings (SSSR count). The number of rotatable bonds is 5. The van der Waals surface area contributed by atoms with Gasteiger partial charge in [-0.25, -0.2) is 0 Å². The molecule has 0 spiro atoms. The largest absolute Gasteiger partial charge is 0.375 e. The van der Waals surface area contributed by atoms with Crippen LogP contribution >= 0.6 is 11.3 Å². The summed E-state index contributed by atoms with van der Waals surface area (Å²) < 4.78 is 4.75. The Morgan fingerprint density at radius 1 is 1.44 bits per heavy atom. The lowest BCUT2D eigenvalue weighted by Gasteiger charge is -2.07. The van der Waals surface area contributed by atoms with Gasteiger partial charge in [-0.2, -0.15) is 11.3 Å². The van der Waals surface area contributed by atoms with Crippen LogP contribution in [-0.4, -0.2) is 29.6 Å². The van der Waals surface area contributed by atoms with Crippen molar-refractivity contribution < 1.29 is 9.53 Å². The lowest BCUT2D eigenvalue weighted by molar-refractivity contribution is -0.124. The summed E-state index contributed by atoms with van der Waals surface area (Å²) >= 11 is 1.60. The maximum absolute atomic E-state index is 11.3. The second kappa shape index (κ2) is 6.23. The van der Waals surface area contributed by atoms with Crippen molar-refractivity contribution in [3.05, 3.63) is 34.9 Å². The van der Waals surface area contributed by atoms with E-state index in [-0.39, 0.29) is 12.5 Å². The zero-order chi connectivity index (χ0) is 12.8. The Morgan fingerprint density at radius 3 is 3.00 bits per heavy atom. The van der Waals surface area contributed by atoms with Gasteiger partial charge in [-0.15, -0.1) is 0 Å². The molecule has 0 atom stereocenters. The van der Waals surface area contributed by atoms with E-state index >= 15 is 0 Å². The number of nitrogens with one attached hydrogen (secondary N) is 1. The zero-order valence-corrected chi connectivity index (χ0v) is 10.7. The lowest BCUT2D eigenvalue weighted by Crippen LogP contribution is -2.27. The van der Waals surface area contributed by atoms with E-state index in [4.69, 9.17) is 4.74 Å². The summed E-state index contributed by atoms with van der Waals surface area (Å²) in [6.07, 6.45) is 3.27. The van der Waals surface area contributed by atoms with E-state index in [2.05, 4.69) is 15.3 Å². The first-order valence-corrected chi connectivity index (χ1v) is 6.33. The van der Waals surface area contributed by atoms with Gasteiger partial charge in [-0.1, -0.05) is 0 Å². The number of nitrogens with zero attached hydrogens (tertiary/aromatic N) is 2. The number of hydrogen-bond donors (Lipinski definition) is 1. The molecule has 1 N–H and O–H groups in total. The van der Waals surface area contributed by atoms with Crippen LogP contribution in [0.3, 0.4) is 0 Å². The molecular weight excluding hydrogens is 250 g/mol. The number of methoxy groups -OCH3 is 1. The number of carbonyl (C=O) groups is 1. The summed E-state index contributed by atoms with van der Waals surface area (Å²) in [6.45, 7) is 0.398. The van der Waals surface area contributed by atoms with Crippen molar-refractivity contribution >= 4 is 17.2 Å². The van der Waals surface area contributed by atoms with Gasteiger partial charge < -0.3 is 10.1 Å². The third-order valence-corrected chi connectivity index (χ3v) is 2.98. The van der Waals surface area contributed by atoms with Crippen molar-refractivity contribution in [2.75, 3.05) is 13.7 Å². The Kier molecular flexibility index (Phi) is 4.38. The quantitative estimate of drug-likeness (QED) is 0.887. The lowest BCUT2D eigenvalue weighted by atomic mass is 10.2. The van der Waals surface area contributed by atoms with Gasteiger partial charge in [0.15, 0.2) is 0 Å². The topological polar surface area (TPSA) is 64.1 Å². The Morgan fingerprint density at radius 2 is 2.28 bits per heavy atom. The van der Waals surface area contributed by atoms with Crippen LogP contribution in [0.4, 0.5) is 0 Å². The van der Waals surface area contributed by atoms with Crippen molar-refractivity contribution in [3.63, 3.8) is 0 Å². The van der Waals surface area contributed by atoms with E-state index in [0.29, 0.717) is 6.54 Å². The van der Waals surface area contributed by atoms with Gasteiger partial charge in [0.05, 0.1) is 17.9 Å². The van der Waals surface area contributed by atoms with Crippen molar-refractivity contribution in [2.45, 2.75) is 6.54 Å². The second-order valence-corrected chi connectivity index (χ2v) is 4.35. The Bertz CT molecular complexity index is 514. The molecule has 2 heterocycles. The molecule has 0 aliphatic heterocycles. The summed E-state index contributed by atoms with van der Waals surface area (Å²) in [5.41, 5.74) is 2.57. The van der Waals surface area contributed by atoms with Crippen LogP contribution in [0.5, 0.6) is 0 Å². The monoisotopic (exact) mass is 263 g/mol. The predicted molar refractivity (Wildman–Crippen MR) is 69.1 cm³/mol. The van der Waals surface area contributed by atoms with Crippen LogP contribution in [0.25, 0.3) is 11.3 Å². The highest BCUT2D eigenvalue weighted by atomic mass is 32.1. The highest BCUT2D eigenvalue weighted by Crippen LogP contribution is 2.21. The fourth-order valence-corrected chi connectivity index (χ4v) is 2.14. The van der Waals surface area contributed by atoms with Crippen LogP contribution in [0, 0.1) is 0 Å². The molecule has 94 valence electrons. The van der Waals surface area contributed by atoms with Crippen molar-refractivity contribution in [1.29, 1.82) is 0 Å². The standard InChI is InChI=1S/C12H13N3O2S/c1-17-7-11(16)15-6-10-12(14-4-3-13-10)9-2-5-18-8-9/h2-5,8H,6-7H2,1H3,(H,15,16). The number of aromatic nitrogens is 2. The molecule has 5 nitrogen and oxygen atoms in total. The molecular formula is C12H13N3O2S. The maximum atomic E-state index is 11.3. The molecule has 0 fully saturated rings. The van der Waals surface area contributed by atoms with E-state index < -0.39 is 0 Å². The second-order valence-electron chi connectivity index (χ2n) is 3.57. The first kappa shape index (κ1) is 12.7. The molecule has 1 amide bonds. The molecule has 0 aromatic carbocycles. The summed E-state index contributed by atoms with van der Waals surface area (Å²) in [5.74, 6) is -0.167. The van der Waals surface area contributed by atoms with Gasteiger partial charge in [0.1, 0.15) is 6.61 Å². The average Bonchev–Trinajstić information content (AvgIpc) is 2.91. The van der Waals surface area contributed by atoms with E-state index in [9.17, 15) is 4.79 Å². The molecule has 0 bridgehead atoms. The molecule has 2 aromatic rings. The van der Waals surface area contributed by atoms with E-state index in [0.717, 1.165) is 17.0 Å². The van der Waals surface area contributed by atoms with Gasteiger partial charge in [0, 0.05) is 30.4 Å². The zero-order valence-electron chi connectivity index (χ0n) is 9.92. The molecule has 0 aliphatic carbocycles. The Hall–Kier alpha value is -1.79. The average molecular weight is 263 g/mol. The minimum Gasteiger partial charge on any atom is -0.375 e. The van der Waals surface area contributed by atoms with Crippen molar-refractivity contribution in [3.8, 4) is 11.3 Å². The molecule has 0 aliphatic rings. The number of hydrogen-bond acceptors (Lipinski definition) is 5. The first-order valence-electron chi connectivity index (χ1n) is 5.39. The third-order valence-electron chi connectivity index (χ3n) is 2.30. The van der Waals surface area contributed by atoms with Gasteiger partial charge >= 0.3 is 0 Å². The van der Waals surface area contributed by atoms with E-state index in [1.807, 2.05) is 16.8 Å². The summed E-state index contributed by atoms with van der Waals surface area (Å²) in [6, 6.07) is 1.98. The fourth-order valence-electron chi connectivity index (χ4n) is 1.50. The summed E-state index contributed by atoms with van der Waals surface area (Å²) in [5, 5.41) is 6.73. The minimum atomic E-state index is -0.167. The van der Waals surface area contributed by atoms with Gasteiger partial charge in [0.2, 0.25) is 5.91 Å². The predicted octanol–water partition coefficient (Wildman–Crippen LogP) is 1.47. The van der Waals surface area contributed by atoms with Crippen molar-refractivity contribution in [2.24, 2.45) is 0 Å². The number of carbonyl (C=O) groups excluding carboxylic acids is 1. The Balaban J connectivity index is 2.11. The molecule has 18 heavy (non-hydrogen) atoms. The molecule has 0 saturated carbocycles. The minimum absolute atomic E-state index is 0.0496. The first-order chi connectivity index (χ1) is 8.81. The van der Waals surface area contributed by atoms with Crippen LogP contribution < -0.4 is 5.32 Å². The van der Waals surface area contributed by atoms with E-state index in [1.54, 1.807) is 23.7 Å². The summed E-state index contributed by atoms with van der Waals surface area (Å²) in [4.78, 5) is 19.9. The van der Waals surface area contributed by atoms with Gasteiger partial charge in [-0.05, 0) is 11.4 Å². The van der Waals surface area contributed by atoms with Gasteiger partial charge in [-0.3, -0.25) is 14.8 Å². The molecule has 0 radical (unpaired) electrons. The van der Waals surface area contributed by atoms with Crippen LogP contribution in [-0.2, 0) is 16.1 Å². The molecule has 0 unspecified atom stereocenters. The van der Waals surface area contributed by atoms with Crippen LogP contribution in [0.15, 0.2) is 29.2 Å². The maximum Gasteiger partial charge on any atom is 0.246 e. The van der Waals surface area contributed by atoms with Crippen molar-refractivity contribution in [1.82, 2.24) is 15.3 Å². The fraction of sp³-hybridized carbons (Fsp3) is 0.250. The number of amides is 1. The van der Waals surface area contributed by atoms with Crippen LogP contribution in [0.2, 0.25) is 0 Å². The van der Waals surface area contributed by atoms with Gasteiger partial charge in [0.25, 0.3) is 0 Å². The van der Waals surface area contributed by atoms with E-state index in [1.165, 1.54) is 7.11 Å². The highest BCUT2D eigenvalue weighted by molar-refractivity contribution is 7.08. The SMILES string of the molecule is COCC(=O)NCc1nccnc1-c1ccsc1. The highest BCUT2D eigenvalue weighted by Gasteiger charge is 2.09. The number of ether oxygens (including phenoxy) is 1. The smallest absolute Gasteiger partial charge is 0.246 e. The summed E-state index contributed by atoms with van der Waals surface area (Å²) in [7, 11) is 1.48. The third kappa shape index (κ3) is 3.12. The number of thiophene rings is 1. The molecule has 0 saturated heterocycles. The Labute approximate surface area is 109 Å². The molecule has 2 aromatic heterocycles. The normalized spacial score (nSPS) is 10.3.